The normalized spacial score (nSPS) is 29.2. The third kappa shape index (κ3) is 3.64. The third-order valence-electron chi connectivity index (χ3n) is 6.70. The third-order valence-corrected chi connectivity index (χ3v) is 6.70. The molecule has 3 aliphatic heterocycles. The lowest BCUT2D eigenvalue weighted by Gasteiger charge is -2.35. The SMILES string of the molecule is CN(C)C(=O)[C@H]1CN(C(=O)C2CCCNC2)C[C@@]12CCc1ccccc1C(=O)N2. The molecule has 2 fully saturated rings. The van der Waals surface area contributed by atoms with Crippen LogP contribution in [0.1, 0.15) is 35.2 Å². The lowest BCUT2D eigenvalue weighted by atomic mass is 9.81. The van der Waals surface area contributed by atoms with E-state index in [4.69, 9.17) is 0 Å². The highest BCUT2D eigenvalue weighted by atomic mass is 16.2. The fraction of sp³-hybridized carbons (Fsp3) is 0.591. The highest BCUT2D eigenvalue weighted by Crippen LogP contribution is 2.37. The number of fused-ring (bicyclic) bond motifs is 1. The second-order valence-corrected chi connectivity index (χ2v) is 8.81. The van der Waals surface area contributed by atoms with Crippen molar-refractivity contribution in [2.75, 3.05) is 40.3 Å². The minimum Gasteiger partial charge on any atom is -0.348 e. The van der Waals surface area contributed by atoms with Crippen LogP contribution in [0.4, 0.5) is 0 Å². The van der Waals surface area contributed by atoms with Crippen LogP contribution < -0.4 is 10.6 Å². The molecular weight excluding hydrogens is 368 g/mol. The number of carbonyl (C=O) groups is 3. The smallest absolute Gasteiger partial charge is 0.252 e. The van der Waals surface area contributed by atoms with Crippen LogP contribution in [-0.2, 0) is 16.0 Å². The van der Waals surface area contributed by atoms with Gasteiger partial charge >= 0.3 is 0 Å². The number of amides is 3. The molecule has 29 heavy (non-hydrogen) atoms. The van der Waals surface area contributed by atoms with Crippen molar-refractivity contribution < 1.29 is 14.4 Å². The van der Waals surface area contributed by atoms with Gasteiger partial charge in [-0.05, 0) is 43.9 Å². The number of nitrogens with one attached hydrogen (secondary N) is 2. The van der Waals surface area contributed by atoms with Crippen LogP contribution in [0.5, 0.6) is 0 Å². The molecule has 1 unspecified atom stereocenters. The van der Waals surface area contributed by atoms with Crippen molar-refractivity contribution in [3.8, 4) is 0 Å². The van der Waals surface area contributed by atoms with Gasteiger partial charge in [0.25, 0.3) is 5.91 Å². The Kier molecular flexibility index (Phi) is 5.34. The van der Waals surface area contributed by atoms with E-state index in [1.165, 1.54) is 0 Å². The van der Waals surface area contributed by atoms with Gasteiger partial charge in [-0.3, -0.25) is 14.4 Å². The van der Waals surface area contributed by atoms with Crippen LogP contribution in [0.3, 0.4) is 0 Å². The van der Waals surface area contributed by atoms with Crippen molar-refractivity contribution in [1.29, 1.82) is 0 Å². The Morgan fingerprint density at radius 3 is 2.76 bits per heavy atom. The standard InChI is InChI=1S/C22H30N4O3/c1-25(2)21(29)18-13-26(20(28)16-7-5-11-23-12-16)14-22(18)10-9-15-6-3-4-8-17(15)19(27)24-22/h3-4,6,8,16,18,23H,5,7,9-14H2,1-2H3,(H,24,27)/t16?,18-,22+/m1/s1. The van der Waals surface area contributed by atoms with E-state index in [0.717, 1.165) is 24.9 Å². The van der Waals surface area contributed by atoms with Gasteiger partial charge < -0.3 is 20.4 Å². The molecule has 7 nitrogen and oxygen atoms in total. The molecular formula is C22H30N4O3. The molecule has 1 aromatic carbocycles. The van der Waals surface area contributed by atoms with E-state index in [9.17, 15) is 14.4 Å². The summed E-state index contributed by atoms with van der Waals surface area (Å²) in [6.45, 7) is 2.39. The van der Waals surface area contributed by atoms with Crippen LogP contribution in [-0.4, -0.2) is 73.3 Å². The topological polar surface area (TPSA) is 81.8 Å². The maximum Gasteiger partial charge on any atom is 0.252 e. The molecule has 3 amide bonds. The average Bonchev–Trinajstić information content (AvgIpc) is 3.03. The van der Waals surface area contributed by atoms with Crippen molar-refractivity contribution in [2.24, 2.45) is 11.8 Å². The van der Waals surface area contributed by atoms with Crippen molar-refractivity contribution >= 4 is 17.7 Å². The van der Waals surface area contributed by atoms with Crippen LogP contribution in [0.2, 0.25) is 0 Å². The van der Waals surface area contributed by atoms with E-state index in [1.54, 1.807) is 19.0 Å². The number of hydrogen-bond acceptors (Lipinski definition) is 4. The van der Waals surface area contributed by atoms with Crippen LogP contribution >= 0.6 is 0 Å². The van der Waals surface area contributed by atoms with Crippen molar-refractivity contribution in [1.82, 2.24) is 20.4 Å². The summed E-state index contributed by atoms with van der Waals surface area (Å²) in [5.74, 6) is -0.567. The molecule has 7 heteroatoms. The molecule has 0 radical (unpaired) electrons. The van der Waals surface area contributed by atoms with Gasteiger partial charge in [0.15, 0.2) is 0 Å². The molecule has 156 valence electrons. The Labute approximate surface area is 171 Å². The Hall–Kier alpha value is -2.41. The zero-order chi connectivity index (χ0) is 20.6. The lowest BCUT2D eigenvalue weighted by Crippen LogP contribution is -2.57. The van der Waals surface area contributed by atoms with Crippen LogP contribution in [0.25, 0.3) is 0 Å². The number of likely N-dealkylation sites (tertiary alicyclic amines) is 1. The molecule has 3 atom stereocenters. The molecule has 2 N–H and O–H groups in total. The van der Waals surface area contributed by atoms with Crippen molar-refractivity contribution in [2.45, 2.75) is 31.2 Å². The van der Waals surface area contributed by atoms with Gasteiger partial charge in [0, 0.05) is 39.3 Å². The number of carbonyl (C=O) groups excluding carboxylic acids is 3. The molecule has 3 aliphatic rings. The number of rotatable bonds is 2. The minimum absolute atomic E-state index is 0.0340. The number of hydrogen-bond donors (Lipinski definition) is 2. The van der Waals surface area contributed by atoms with Gasteiger partial charge in [-0.2, -0.15) is 0 Å². The molecule has 0 aliphatic carbocycles. The van der Waals surface area contributed by atoms with E-state index in [1.807, 2.05) is 29.2 Å². The molecule has 1 spiro atoms. The zero-order valence-corrected chi connectivity index (χ0v) is 17.2. The largest absolute Gasteiger partial charge is 0.348 e. The highest BCUT2D eigenvalue weighted by Gasteiger charge is 2.53. The summed E-state index contributed by atoms with van der Waals surface area (Å²) >= 11 is 0. The van der Waals surface area contributed by atoms with E-state index >= 15 is 0 Å². The summed E-state index contributed by atoms with van der Waals surface area (Å²) in [6.07, 6.45) is 3.22. The van der Waals surface area contributed by atoms with Gasteiger partial charge in [-0.25, -0.2) is 0 Å². The van der Waals surface area contributed by atoms with E-state index in [-0.39, 0.29) is 23.6 Å². The first-order valence-corrected chi connectivity index (χ1v) is 10.5. The summed E-state index contributed by atoms with van der Waals surface area (Å²) in [4.78, 5) is 42.7. The summed E-state index contributed by atoms with van der Waals surface area (Å²) in [5.41, 5.74) is 0.940. The minimum atomic E-state index is -0.727. The zero-order valence-electron chi connectivity index (χ0n) is 17.2. The molecule has 2 saturated heterocycles. The van der Waals surface area contributed by atoms with Gasteiger partial charge in [0.2, 0.25) is 11.8 Å². The highest BCUT2D eigenvalue weighted by molar-refractivity contribution is 5.97. The van der Waals surface area contributed by atoms with Gasteiger partial charge in [-0.1, -0.05) is 18.2 Å². The first-order valence-electron chi connectivity index (χ1n) is 10.5. The fourth-order valence-corrected chi connectivity index (χ4v) is 5.08. The van der Waals surface area contributed by atoms with E-state index in [2.05, 4.69) is 10.6 Å². The number of aryl methyl sites for hydroxylation is 1. The molecule has 4 rings (SSSR count). The van der Waals surface area contributed by atoms with Gasteiger partial charge in [-0.15, -0.1) is 0 Å². The Bertz CT molecular complexity index is 818. The quantitative estimate of drug-likeness (QED) is 0.766. The van der Waals surface area contributed by atoms with Crippen LogP contribution in [0.15, 0.2) is 24.3 Å². The first-order chi connectivity index (χ1) is 13.9. The Morgan fingerprint density at radius 1 is 1.24 bits per heavy atom. The average molecular weight is 399 g/mol. The summed E-state index contributed by atoms with van der Waals surface area (Å²) < 4.78 is 0. The molecule has 3 heterocycles. The lowest BCUT2D eigenvalue weighted by molar-refractivity contribution is -0.136. The fourth-order valence-electron chi connectivity index (χ4n) is 5.08. The van der Waals surface area contributed by atoms with Gasteiger partial charge in [0.05, 0.1) is 17.4 Å². The number of piperidine rings is 1. The summed E-state index contributed by atoms with van der Waals surface area (Å²) in [6, 6.07) is 7.60. The van der Waals surface area contributed by atoms with E-state index in [0.29, 0.717) is 38.0 Å². The maximum atomic E-state index is 13.2. The summed E-state index contributed by atoms with van der Waals surface area (Å²) in [7, 11) is 3.47. The molecule has 0 saturated carbocycles. The number of nitrogens with zero attached hydrogens (tertiary/aromatic N) is 2. The predicted octanol–water partition coefficient (Wildman–Crippen LogP) is 0.648. The molecule has 0 aromatic heterocycles. The van der Waals surface area contributed by atoms with Crippen LogP contribution in [0, 0.1) is 11.8 Å². The Balaban J connectivity index is 1.63. The maximum absolute atomic E-state index is 13.2. The summed E-state index contributed by atoms with van der Waals surface area (Å²) in [5, 5.41) is 6.49. The second-order valence-electron chi connectivity index (χ2n) is 8.81. The predicted molar refractivity (Wildman–Crippen MR) is 109 cm³/mol. The van der Waals surface area contributed by atoms with Crippen molar-refractivity contribution in [3.63, 3.8) is 0 Å². The Morgan fingerprint density at radius 2 is 2.03 bits per heavy atom. The molecule has 1 aromatic rings. The monoisotopic (exact) mass is 398 g/mol. The molecule has 0 bridgehead atoms. The number of benzene rings is 1. The van der Waals surface area contributed by atoms with Gasteiger partial charge in [0.1, 0.15) is 0 Å². The first kappa shape index (κ1) is 19.9. The van der Waals surface area contributed by atoms with Crippen molar-refractivity contribution in [3.05, 3.63) is 35.4 Å². The van der Waals surface area contributed by atoms with E-state index < -0.39 is 11.5 Å². The second kappa shape index (κ2) is 7.78.